The Kier molecular flexibility index (Phi) is 4.80. The second-order valence-electron chi connectivity index (χ2n) is 6.69. The van der Waals surface area contributed by atoms with Crippen LogP contribution in [0.2, 0.25) is 0 Å². The molecule has 2 heterocycles. The fourth-order valence-electron chi connectivity index (χ4n) is 3.36. The average molecular weight is 346 g/mol. The molecule has 1 amide bonds. The Morgan fingerprint density at radius 2 is 1.69 bits per heavy atom. The lowest BCUT2D eigenvalue weighted by Gasteiger charge is -2.15. The van der Waals surface area contributed by atoms with E-state index in [9.17, 15) is 4.79 Å². The number of nitrogens with zero attached hydrogens (tertiary/aromatic N) is 2. The van der Waals surface area contributed by atoms with Crippen molar-refractivity contribution < 1.29 is 4.79 Å². The number of amides is 1. The molecule has 4 rings (SSSR count). The molecule has 3 aromatic rings. The third-order valence-corrected chi connectivity index (χ3v) is 4.74. The molecule has 26 heavy (non-hydrogen) atoms. The molecule has 1 aromatic heterocycles. The van der Waals surface area contributed by atoms with Crippen LogP contribution in [0.1, 0.15) is 22.4 Å². The first-order valence-electron chi connectivity index (χ1n) is 8.94. The number of anilines is 1. The van der Waals surface area contributed by atoms with Crippen LogP contribution in [-0.4, -0.2) is 27.5 Å². The highest BCUT2D eigenvalue weighted by molar-refractivity contribution is 5.92. The van der Waals surface area contributed by atoms with E-state index in [4.69, 9.17) is 0 Å². The maximum atomic E-state index is 12.3. The van der Waals surface area contributed by atoms with Crippen molar-refractivity contribution in [2.75, 3.05) is 11.9 Å². The fraction of sp³-hybridized carbons (Fsp3) is 0.238. The minimum absolute atomic E-state index is 0.0340. The van der Waals surface area contributed by atoms with Crippen molar-refractivity contribution in [1.82, 2.24) is 15.1 Å². The van der Waals surface area contributed by atoms with Gasteiger partial charge >= 0.3 is 0 Å². The Morgan fingerprint density at radius 3 is 2.42 bits per heavy atom. The monoisotopic (exact) mass is 346 g/mol. The summed E-state index contributed by atoms with van der Waals surface area (Å²) in [6.45, 7) is 2.66. The van der Waals surface area contributed by atoms with Gasteiger partial charge in [-0.05, 0) is 17.5 Å². The Bertz CT molecular complexity index is 874. The van der Waals surface area contributed by atoms with Crippen molar-refractivity contribution in [2.24, 2.45) is 0 Å². The van der Waals surface area contributed by atoms with Gasteiger partial charge in [0, 0.05) is 25.2 Å². The summed E-state index contributed by atoms with van der Waals surface area (Å²) in [7, 11) is 0. The molecule has 0 atom stereocenters. The summed E-state index contributed by atoms with van der Waals surface area (Å²) in [6, 6.07) is 20.3. The molecule has 0 saturated heterocycles. The zero-order chi connectivity index (χ0) is 17.8. The first-order chi connectivity index (χ1) is 12.8. The van der Waals surface area contributed by atoms with Crippen molar-refractivity contribution in [3.63, 3.8) is 0 Å². The van der Waals surface area contributed by atoms with Crippen molar-refractivity contribution in [3.8, 4) is 0 Å². The van der Waals surface area contributed by atoms with E-state index in [1.54, 1.807) is 0 Å². The van der Waals surface area contributed by atoms with E-state index >= 15 is 0 Å². The maximum absolute atomic E-state index is 12.3. The lowest BCUT2D eigenvalue weighted by Crippen LogP contribution is -2.21. The van der Waals surface area contributed by atoms with Gasteiger partial charge in [-0.15, -0.1) is 0 Å². The highest BCUT2D eigenvalue weighted by atomic mass is 16.1. The Morgan fingerprint density at radius 1 is 1.00 bits per heavy atom. The topological polar surface area (TPSA) is 61.0 Å². The van der Waals surface area contributed by atoms with Crippen molar-refractivity contribution in [1.29, 1.82) is 0 Å². The van der Waals surface area contributed by atoms with E-state index in [-0.39, 0.29) is 5.91 Å². The molecule has 5 heteroatoms. The molecule has 2 N–H and O–H groups in total. The number of hydrogen-bond acceptors (Lipinski definition) is 3. The second-order valence-corrected chi connectivity index (χ2v) is 6.69. The number of aromatic amines is 1. The van der Waals surface area contributed by atoms with Crippen LogP contribution in [0.3, 0.4) is 0 Å². The molecule has 0 bridgehead atoms. The van der Waals surface area contributed by atoms with E-state index in [1.807, 2.05) is 36.4 Å². The van der Waals surface area contributed by atoms with Gasteiger partial charge in [0.05, 0.1) is 12.1 Å². The number of nitrogens with one attached hydrogen (secondary N) is 2. The molecule has 0 unspecified atom stereocenters. The Labute approximate surface area is 153 Å². The first kappa shape index (κ1) is 16.5. The lowest BCUT2D eigenvalue weighted by molar-refractivity contribution is -0.115. The van der Waals surface area contributed by atoms with Crippen molar-refractivity contribution in [2.45, 2.75) is 25.9 Å². The van der Waals surface area contributed by atoms with Crippen LogP contribution >= 0.6 is 0 Å². The highest BCUT2D eigenvalue weighted by Crippen LogP contribution is 2.27. The third-order valence-electron chi connectivity index (χ3n) is 4.74. The summed E-state index contributed by atoms with van der Waals surface area (Å²) in [5.74, 6) is 0.636. The van der Waals surface area contributed by atoms with Crippen LogP contribution in [0.5, 0.6) is 0 Å². The zero-order valence-electron chi connectivity index (χ0n) is 14.6. The number of benzene rings is 2. The first-order valence-corrected chi connectivity index (χ1v) is 8.94. The van der Waals surface area contributed by atoms with Gasteiger partial charge in [-0.1, -0.05) is 60.7 Å². The number of fused-ring (bicyclic) bond motifs is 1. The van der Waals surface area contributed by atoms with Crippen LogP contribution in [0.25, 0.3) is 0 Å². The van der Waals surface area contributed by atoms with E-state index in [0.717, 1.165) is 42.9 Å². The number of carbonyl (C=O) groups is 1. The van der Waals surface area contributed by atoms with Crippen LogP contribution < -0.4 is 5.32 Å². The third kappa shape index (κ3) is 3.83. The van der Waals surface area contributed by atoms with Crippen LogP contribution in [0.4, 0.5) is 5.82 Å². The van der Waals surface area contributed by atoms with Gasteiger partial charge in [-0.25, -0.2) is 0 Å². The molecule has 0 aliphatic carbocycles. The molecule has 5 nitrogen and oxygen atoms in total. The summed E-state index contributed by atoms with van der Waals surface area (Å²) in [5.41, 5.74) is 4.56. The van der Waals surface area contributed by atoms with Gasteiger partial charge in [0.15, 0.2) is 5.82 Å². The smallest absolute Gasteiger partial charge is 0.230 e. The number of aromatic nitrogens is 2. The summed E-state index contributed by atoms with van der Waals surface area (Å²) in [5, 5.41) is 10.3. The Balaban J connectivity index is 1.34. The van der Waals surface area contributed by atoms with E-state index in [1.165, 1.54) is 5.56 Å². The van der Waals surface area contributed by atoms with Crippen LogP contribution in [0, 0.1) is 0 Å². The number of carbonyl (C=O) groups excluding carboxylic acids is 1. The van der Waals surface area contributed by atoms with E-state index in [2.05, 4.69) is 44.7 Å². The number of H-pyrrole nitrogens is 1. The SMILES string of the molecule is O=C(Cc1ccccc1)Nc1n[nH]c2c1CN(CCc1ccccc1)C2. The van der Waals surface area contributed by atoms with E-state index < -0.39 is 0 Å². The molecule has 2 aromatic carbocycles. The van der Waals surface area contributed by atoms with Gasteiger partial charge in [0.1, 0.15) is 0 Å². The summed E-state index contributed by atoms with van der Waals surface area (Å²) < 4.78 is 0. The minimum Gasteiger partial charge on any atom is -0.309 e. The summed E-state index contributed by atoms with van der Waals surface area (Å²) in [4.78, 5) is 14.7. The quantitative estimate of drug-likeness (QED) is 0.721. The van der Waals surface area contributed by atoms with Crippen molar-refractivity contribution >= 4 is 11.7 Å². The normalized spacial score (nSPS) is 13.5. The van der Waals surface area contributed by atoms with Gasteiger partial charge in [-0.3, -0.25) is 14.8 Å². The highest BCUT2D eigenvalue weighted by Gasteiger charge is 2.25. The molecular formula is C21H22N4O. The predicted molar refractivity (Wildman–Crippen MR) is 102 cm³/mol. The van der Waals surface area contributed by atoms with E-state index in [0.29, 0.717) is 12.2 Å². The molecule has 0 fully saturated rings. The minimum atomic E-state index is -0.0340. The number of hydrogen-bond donors (Lipinski definition) is 2. The van der Waals surface area contributed by atoms with Gasteiger partial charge in [0.25, 0.3) is 0 Å². The molecule has 0 radical (unpaired) electrons. The predicted octanol–water partition coefficient (Wildman–Crippen LogP) is 3.15. The number of rotatable bonds is 6. The average Bonchev–Trinajstić information content (AvgIpc) is 3.23. The molecule has 132 valence electrons. The standard InChI is InChI=1S/C21H22N4O/c26-20(13-17-9-5-2-6-10-17)22-21-18-14-25(15-19(18)23-24-21)12-11-16-7-3-1-4-8-16/h1-10H,11-15H2,(H2,22,23,24,26). The molecule has 1 aliphatic heterocycles. The molecule has 0 saturated carbocycles. The Hall–Kier alpha value is -2.92. The van der Waals surface area contributed by atoms with Gasteiger partial charge in [0.2, 0.25) is 5.91 Å². The van der Waals surface area contributed by atoms with Crippen LogP contribution in [-0.2, 0) is 30.7 Å². The summed E-state index contributed by atoms with van der Waals surface area (Å²) in [6.07, 6.45) is 1.38. The molecule has 0 spiro atoms. The van der Waals surface area contributed by atoms with Crippen LogP contribution in [0.15, 0.2) is 60.7 Å². The lowest BCUT2D eigenvalue weighted by atomic mass is 10.1. The van der Waals surface area contributed by atoms with Gasteiger partial charge in [-0.2, -0.15) is 5.10 Å². The van der Waals surface area contributed by atoms with Crippen molar-refractivity contribution in [3.05, 3.63) is 83.0 Å². The summed E-state index contributed by atoms with van der Waals surface area (Å²) >= 11 is 0. The maximum Gasteiger partial charge on any atom is 0.230 e. The molecule has 1 aliphatic rings. The second kappa shape index (κ2) is 7.54. The zero-order valence-corrected chi connectivity index (χ0v) is 14.6. The van der Waals surface area contributed by atoms with Gasteiger partial charge < -0.3 is 5.32 Å². The molecular weight excluding hydrogens is 324 g/mol. The largest absolute Gasteiger partial charge is 0.309 e. The fourth-order valence-corrected chi connectivity index (χ4v) is 3.36.